The van der Waals surface area contributed by atoms with Gasteiger partial charge < -0.3 is 15.4 Å². The lowest BCUT2D eigenvalue weighted by molar-refractivity contribution is -0.118. The third-order valence-electron chi connectivity index (χ3n) is 2.81. The van der Waals surface area contributed by atoms with E-state index in [9.17, 15) is 14.0 Å². The molecule has 1 unspecified atom stereocenters. The first kappa shape index (κ1) is 20.8. The second-order valence-electron chi connectivity index (χ2n) is 6.10. The van der Waals surface area contributed by atoms with Crippen molar-refractivity contribution < 1.29 is 18.7 Å². The van der Waals surface area contributed by atoms with Gasteiger partial charge in [-0.15, -0.1) is 0 Å². The highest BCUT2D eigenvalue weighted by Gasteiger charge is 2.24. The number of benzene rings is 1. The Morgan fingerprint density at radius 3 is 2.58 bits per heavy atom. The molecular formula is C16H22BrFN2O3S. The van der Waals surface area contributed by atoms with E-state index in [2.05, 4.69) is 26.6 Å². The fraction of sp³-hybridized carbons (Fsp3) is 0.500. The van der Waals surface area contributed by atoms with Crippen molar-refractivity contribution in [2.45, 2.75) is 38.8 Å². The van der Waals surface area contributed by atoms with Crippen LogP contribution in [0.2, 0.25) is 0 Å². The summed E-state index contributed by atoms with van der Waals surface area (Å²) in [6, 6.07) is 3.52. The van der Waals surface area contributed by atoms with Crippen LogP contribution in [0.1, 0.15) is 27.2 Å². The fourth-order valence-electron chi connectivity index (χ4n) is 1.76. The van der Waals surface area contributed by atoms with E-state index in [0.29, 0.717) is 22.3 Å². The Morgan fingerprint density at radius 1 is 1.38 bits per heavy atom. The van der Waals surface area contributed by atoms with E-state index >= 15 is 0 Å². The molecule has 1 rings (SSSR count). The summed E-state index contributed by atoms with van der Waals surface area (Å²) >= 11 is 4.62. The number of alkyl carbamates (subject to hydrolysis) is 1. The zero-order valence-corrected chi connectivity index (χ0v) is 16.5. The smallest absolute Gasteiger partial charge is 0.408 e. The van der Waals surface area contributed by atoms with Crippen LogP contribution in [0.4, 0.5) is 14.9 Å². The number of anilines is 1. The van der Waals surface area contributed by atoms with Crippen molar-refractivity contribution in [1.29, 1.82) is 0 Å². The van der Waals surface area contributed by atoms with E-state index in [1.54, 1.807) is 38.6 Å². The number of ether oxygens (including phenoxy) is 1. The Hall–Kier alpha value is -1.28. The molecule has 1 aromatic carbocycles. The molecule has 0 fully saturated rings. The van der Waals surface area contributed by atoms with E-state index in [1.807, 2.05) is 6.26 Å². The van der Waals surface area contributed by atoms with E-state index in [1.165, 1.54) is 12.1 Å². The zero-order chi connectivity index (χ0) is 18.3. The average Bonchev–Trinajstić information content (AvgIpc) is 2.45. The molecule has 0 heterocycles. The minimum absolute atomic E-state index is 0.311. The number of thioether (sulfide) groups is 1. The van der Waals surface area contributed by atoms with Crippen molar-refractivity contribution in [2.75, 3.05) is 17.3 Å². The minimum atomic E-state index is -0.765. The molecule has 0 aromatic heterocycles. The van der Waals surface area contributed by atoms with Crippen molar-refractivity contribution in [3.63, 3.8) is 0 Å². The third kappa shape index (κ3) is 7.53. The lowest BCUT2D eigenvalue weighted by Crippen LogP contribution is -2.46. The lowest BCUT2D eigenvalue weighted by atomic mass is 10.2. The van der Waals surface area contributed by atoms with Gasteiger partial charge in [-0.05, 0) is 73.3 Å². The highest BCUT2D eigenvalue weighted by atomic mass is 79.9. The van der Waals surface area contributed by atoms with Crippen LogP contribution in [-0.2, 0) is 9.53 Å². The van der Waals surface area contributed by atoms with Crippen LogP contribution in [0.25, 0.3) is 0 Å². The third-order valence-corrected chi connectivity index (χ3v) is 4.09. The predicted octanol–water partition coefficient (Wildman–Crippen LogP) is 4.17. The molecule has 1 atom stereocenters. The summed E-state index contributed by atoms with van der Waals surface area (Å²) in [5, 5.41) is 5.17. The number of hydrogen-bond acceptors (Lipinski definition) is 4. The van der Waals surface area contributed by atoms with Gasteiger partial charge in [0.1, 0.15) is 17.5 Å². The van der Waals surface area contributed by atoms with E-state index in [-0.39, 0.29) is 0 Å². The van der Waals surface area contributed by atoms with Crippen molar-refractivity contribution in [1.82, 2.24) is 5.32 Å². The maximum Gasteiger partial charge on any atom is 0.408 e. The number of carbonyl (C=O) groups excluding carboxylic acids is 2. The molecule has 0 aliphatic rings. The number of nitrogens with one attached hydrogen (secondary N) is 2. The number of hydrogen-bond donors (Lipinski definition) is 2. The highest BCUT2D eigenvalue weighted by Crippen LogP contribution is 2.19. The fourth-order valence-corrected chi connectivity index (χ4v) is 2.48. The molecular weight excluding hydrogens is 399 g/mol. The summed E-state index contributed by atoms with van der Waals surface area (Å²) in [7, 11) is 0. The van der Waals surface area contributed by atoms with Gasteiger partial charge in [0.15, 0.2) is 0 Å². The highest BCUT2D eigenvalue weighted by molar-refractivity contribution is 9.10. The van der Waals surface area contributed by atoms with Crippen LogP contribution in [-0.4, -0.2) is 35.7 Å². The van der Waals surface area contributed by atoms with Gasteiger partial charge in [0, 0.05) is 5.69 Å². The summed E-state index contributed by atoms with van der Waals surface area (Å²) in [5.41, 5.74) is -0.333. The largest absolute Gasteiger partial charge is 0.444 e. The first-order valence-electron chi connectivity index (χ1n) is 7.37. The Labute approximate surface area is 154 Å². The monoisotopic (exact) mass is 420 g/mol. The van der Waals surface area contributed by atoms with E-state index in [0.717, 1.165) is 0 Å². The van der Waals surface area contributed by atoms with Crippen LogP contribution >= 0.6 is 27.7 Å². The van der Waals surface area contributed by atoms with E-state index < -0.39 is 29.5 Å². The van der Waals surface area contributed by atoms with Gasteiger partial charge in [0.05, 0.1) is 4.47 Å². The minimum Gasteiger partial charge on any atom is -0.444 e. The predicted molar refractivity (Wildman–Crippen MR) is 98.9 cm³/mol. The Bertz CT molecular complexity index is 593. The van der Waals surface area contributed by atoms with Crippen LogP contribution in [0.5, 0.6) is 0 Å². The van der Waals surface area contributed by atoms with Gasteiger partial charge >= 0.3 is 6.09 Å². The molecule has 2 amide bonds. The molecule has 134 valence electrons. The van der Waals surface area contributed by atoms with Crippen molar-refractivity contribution in [3.05, 3.63) is 28.5 Å². The van der Waals surface area contributed by atoms with Crippen LogP contribution in [0.15, 0.2) is 22.7 Å². The molecule has 0 saturated carbocycles. The Kier molecular flexibility index (Phi) is 8.02. The maximum atomic E-state index is 13.5. The average molecular weight is 421 g/mol. The van der Waals surface area contributed by atoms with Crippen molar-refractivity contribution >= 4 is 45.4 Å². The quantitative estimate of drug-likeness (QED) is 0.724. The van der Waals surface area contributed by atoms with Crippen LogP contribution in [0, 0.1) is 5.82 Å². The van der Waals surface area contributed by atoms with E-state index in [4.69, 9.17) is 4.74 Å². The molecule has 0 saturated heterocycles. The molecule has 2 N–H and O–H groups in total. The standard InChI is InChI=1S/C16H22BrFN2O3S/c1-16(2,3)23-15(22)20-13(7-8-24-4)14(21)19-10-5-6-11(17)12(18)9-10/h5-6,9,13H,7-8H2,1-4H3,(H,19,21)(H,20,22). The van der Waals surface area contributed by atoms with Gasteiger partial charge in [-0.3, -0.25) is 4.79 Å². The second kappa shape index (κ2) is 9.27. The number of rotatable bonds is 6. The van der Waals surface area contributed by atoms with Crippen LogP contribution in [0.3, 0.4) is 0 Å². The molecule has 5 nitrogen and oxygen atoms in total. The Morgan fingerprint density at radius 2 is 2.04 bits per heavy atom. The number of halogens is 2. The molecule has 0 aliphatic carbocycles. The topological polar surface area (TPSA) is 67.4 Å². The Balaban J connectivity index is 2.76. The van der Waals surface area contributed by atoms with Crippen molar-refractivity contribution in [3.8, 4) is 0 Å². The number of amides is 2. The second-order valence-corrected chi connectivity index (χ2v) is 7.94. The summed E-state index contributed by atoms with van der Waals surface area (Å²) < 4.78 is 19.0. The van der Waals surface area contributed by atoms with Gasteiger partial charge in [-0.25, -0.2) is 9.18 Å². The molecule has 8 heteroatoms. The summed E-state index contributed by atoms with van der Waals surface area (Å²) in [6.07, 6.45) is 1.68. The van der Waals surface area contributed by atoms with Crippen LogP contribution < -0.4 is 10.6 Å². The molecule has 1 aromatic rings. The van der Waals surface area contributed by atoms with Gasteiger partial charge in [-0.1, -0.05) is 0 Å². The van der Waals surface area contributed by atoms with Gasteiger partial charge in [0.25, 0.3) is 0 Å². The lowest BCUT2D eigenvalue weighted by Gasteiger charge is -2.23. The van der Waals surface area contributed by atoms with Gasteiger partial charge in [-0.2, -0.15) is 11.8 Å². The molecule has 0 bridgehead atoms. The normalized spacial score (nSPS) is 12.4. The SMILES string of the molecule is CSCCC(NC(=O)OC(C)(C)C)C(=O)Nc1ccc(Br)c(F)c1. The summed E-state index contributed by atoms with van der Waals surface area (Å²) in [6.45, 7) is 5.23. The first-order valence-corrected chi connectivity index (χ1v) is 9.55. The summed E-state index contributed by atoms with van der Waals surface area (Å²) in [4.78, 5) is 24.3. The zero-order valence-electron chi connectivity index (χ0n) is 14.1. The van der Waals surface area contributed by atoms with Crippen molar-refractivity contribution in [2.24, 2.45) is 0 Å². The van der Waals surface area contributed by atoms with Gasteiger partial charge in [0.2, 0.25) is 5.91 Å². The maximum absolute atomic E-state index is 13.5. The molecule has 0 spiro atoms. The first-order chi connectivity index (χ1) is 11.1. The number of carbonyl (C=O) groups is 2. The molecule has 0 aliphatic heterocycles. The molecule has 24 heavy (non-hydrogen) atoms. The molecule has 0 radical (unpaired) electrons. The summed E-state index contributed by atoms with van der Waals surface area (Å²) in [5.74, 6) is -0.215.